The topological polar surface area (TPSA) is 106 Å². The van der Waals surface area contributed by atoms with E-state index in [-0.39, 0.29) is 5.57 Å². The van der Waals surface area contributed by atoms with Crippen LogP contribution < -0.4 is 5.73 Å². The smallest absolute Gasteiger partial charge is 0.259 e. The Morgan fingerprint density at radius 3 is 2.80 bits per heavy atom. The standard InChI is InChI=1S/C12H7BrN4O2S/c13-9-5-8(4-7(6-14)10(15)18)19-11(9)20-12-16-2-1-3-17-12/h1-5H,(H2,15,18)/b7-4-. The summed E-state index contributed by atoms with van der Waals surface area (Å²) in [5, 5.41) is 9.81. The largest absolute Gasteiger partial charge is 0.449 e. The van der Waals surface area contributed by atoms with Gasteiger partial charge in [-0.2, -0.15) is 5.26 Å². The van der Waals surface area contributed by atoms with Gasteiger partial charge in [0.1, 0.15) is 17.4 Å². The lowest BCUT2D eigenvalue weighted by Gasteiger charge is -1.95. The normalized spacial score (nSPS) is 11.1. The highest BCUT2D eigenvalue weighted by atomic mass is 79.9. The summed E-state index contributed by atoms with van der Waals surface area (Å²) in [7, 11) is 0. The van der Waals surface area contributed by atoms with Gasteiger partial charge in [-0.05, 0) is 39.8 Å². The summed E-state index contributed by atoms with van der Waals surface area (Å²) in [6.45, 7) is 0. The van der Waals surface area contributed by atoms with Crippen molar-refractivity contribution in [3.8, 4) is 6.07 Å². The van der Waals surface area contributed by atoms with E-state index in [1.807, 2.05) is 0 Å². The van der Waals surface area contributed by atoms with Gasteiger partial charge in [0.25, 0.3) is 5.91 Å². The van der Waals surface area contributed by atoms with Gasteiger partial charge in [-0.1, -0.05) is 0 Å². The van der Waals surface area contributed by atoms with Crippen LogP contribution in [-0.4, -0.2) is 15.9 Å². The number of hydrogen-bond acceptors (Lipinski definition) is 6. The molecule has 2 aromatic rings. The predicted octanol–water partition coefficient (Wildman–Crippen LogP) is 2.38. The van der Waals surface area contributed by atoms with Crippen molar-refractivity contribution < 1.29 is 9.21 Å². The molecule has 0 atom stereocenters. The number of rotatable bonds is 4. The minimum atomic E-state index is -0.805. The summed E-state index contributed by atoms with van der Waals surface area (Å²) in [5.74, 6) is -0.466. The lowest BCUT2D eigenvalue weighted by Crippen LogP contribution is -2.12. The lowest BCUT2D eigenvalue weighted by molar-refractivity contribution is -0.114. The first-order valence-corrected chi connectivity index (χ1v) is 6.87. The van der Waals surface area contributed by atoms with Gasteiger partial charge in [0.05, 0.1) is 4.47 Å². The summed E-state index contributed by atoms with van der Waals surface area (Å²) < 4.78 is 6.17. The highest BCUT2D eigenvalue weighted by molar-refractivity contribution is 9.10. The Hall–Kier alpha value is -2.11. The number of amides is 1. The van der Waals surface area contributed by atoms with Crippen LogP contribution in [-0.2, 0) is 4.79 Å². The zero-order chi connectivity index (χ0) is 14.5. The molecular weight excluding hydrogens is 344 g/mol. The van der Waals surface area contributed by atoms with Gasteiger partial charge in [0, 0.05) is 18.5 Å². The summed E-state index contributed by atoms with van der Waals surface area (Å²) in [5.41, 5.74) is 4.87. The van der Waals surface area contributed by atoms with E-state index < -0.39 is 5.91 Å². The first kappa shape index (κ1) is 14.3. The molecule has 0 bridgehead atoms. The van der Waals surface area contributed by atoms with Crippen LogP contribution >= 0.6 is 27.7 Å². The molecule has 0 saturated carbocycles. The number of carbonyl (C=O) groups is 1. The number of nitrogens with two attached hydrogens (primary N) is 1. The van der Waals surface area contributed by atoms with Crippen LogP contribution in [0.4, 0.5) is 0 Å². The zero-order valence-corrected chi connectivity index (χ0v) is 12.3. The lowest BCUT2D eigenvalue weighted by atomic mass is 10.2. The first-order chi connectivity index (χ1) is 9.60. The maximum Gasteiger partial charge on any atom is 0.259 e. The highest BCUT2D eigenvalue weighted by Gasteiger charge is 2.12. The van der Waals surface area contributed by atoms with E-state index in [1.54, 1.807) is 30.6 Å². The highest BCUT2D eigenvalue weighted by Crippen LogP contribution is 2.34. The number of aromatic nitrogens is 2. The van der Waals surface area contributed by atoms with Crippen LogP contribution in [0.2, 0.25) is 0 Å². The molecule has 0 aliphatic carbocycles. The maximum absolute atomic E-state index is 11.0. The van der Waals surface area contributed by atoms with Gasteiger partial charge in [-0.15, -0.1) is 0 Å². The molecule has 8 heteroatoms. The van der Waals surface area contributed by atoms with Gasteiger partial charge >= 0.3 is 0 Å². The van der Waals surface area contributed by atoms with Gasteiger partial charge in [0.15, 0.2) is 10.2 Å². The number of furan rings is 1. The van der Waals surface area contributed by atoms with E-state index in [0.717, 1.165) is 0 Å². The third-order valence-corrected chi connectivity index (χ3v) is 3.81. The van der Waals surface area contributed by atoms with Crippen LogP contribution in [0.15, 0.2) is 49.2 Å². The van der Waals surface area contributed by atoms with Crippen LogP contribution in [0.3, 0.4) is 0 Å². The average Bonchev–Trinajstić information content (AvgIpc) is 2.77. The number of halogens is 1. The quantitative estimate of drug-likeness (QED) is 0.515. The molecule has 0 fully saturated rings. The van der Waals surface area contributed by atoms with Crippen LogP contribution in [0.1, 0.15) is 5.76 Å². The minimum Gasteiger partial charge on any atom is -0.449 e. The fourth-order valence-electron chi connectivity index (χ4n) is 1.23. The second kappa shape index (κ2) is 6.36. The van der Waals surface area contributed by atoms with Gasteiger partial charge in [-0.3, -0.25) is 4.79 Å². The van der Waals surface area contributed by atoms with Crippen molar-refractivity contribution in [2.75, 3.05) is 0 Å². The molecule has 0 aliphatic rings. The first-order valence-electron chi connectivity index (χ1n) is 5.26. The Balaban J connectivity index is 2.27. The molecule has 0 spiro atoms. The van der Waals surface area contributed by atoms with Crippen molar-refractivity contribution in [1.29, 1.82) is 5.26 Å². The monoisotopic (exact) mass is 350 g/mol. The van der Waals surface area contributed by atoms with Crippen molar-refractivity contribution in [2.45, 2.75) is 10.2 Å². The number of primary amides is 1. The van der Waals surface area contributed by atoms with Crippen molar-refractivity contribution in [3.05, 3.63) is 40.3 Å². The van der Waals surface area contributed by atoms with Crippen LogP contribution in [0.25, 0.3) is 6.08 Å². The Labute approximate surface area is 126 Å². The molecule has 2 N–H and O–H groups in total. The summed E-state index contributed by atoms with van der Waals surface area (Å²) >= 11 is 4.54. The number of carbonyl (C=O) groups excluding carboxylic acids is 1. The molecule has 1 amide bonds. The summed E-state index contributed by atoms with van der Waals surface area (Å²) in [6.07, 6.45) is 4.52. The molecule has 0 radical (unpaired) electrons. The Kier molecular flexibility index (Phi) is 4.55. The van der Waals surface area contributed by atoms with Crippen molar-refractivity contribution in [3.63, 3.8) is 0 Å². The van der Waals surface area contributed by atoms with E-state index in [2.05, 4.69) is 25.9 Å². The Morgan fingerprint density at radius 1 is 1.50 bits per heavy atom. The molecule has 2 rings (SSSR count). The minimum absolute atomic E-state index is 0.182. The van der Waals surface area contributed by atoms with E-state index in [9.17, 15) is 4.79 Å². The van der Waals surface area contributed by atoms with Crippen LogP contribution in [0, 0.1) is 11.3 Å². The third-order valence-electron chi connectivity index (χ3n) is 2.07. The van der Waals surface area contributed by atoms with Crippen molar-refractivity contribution >= 4 is 39.7 Å². The summed E-state index contributed by atoms with van der Waals surface area (Å²) in [4.78, 5) is 19.1. The molecule has 6 nitrogen and oxygen atoms in total. The zero-order valence-electron chi connectivity index (χ0n) is 9.91. The average molecular weight is 351 g/mol. The van der Waals surface area contributed by atoms with Crippen molar-refractivity contribution in [2.24, 2.45) is 5.73 Å². The van der Waals surface area contributed by atoms with E-state index >= 15 is 0 Å². The molecule has 0 aromatic carbocycles. The molecule has 0 unspecified atom stereocenters. The number of nitrogens with zero attached hydrogens (tertiary/aromatic N) is 3. The fraction of sp³-hybridized carbons (Fsp3) is 0. The van der Waals surface area contributed by atoms with Gasteiger partial charge < -0.3 is 10.2 Å². The predicted molar refractivity (Wildman–Crippen MR) is 75.3 cm³/mol. The number of hydrogen-bond donors (Lipinski definition) is 1. The molecule has 0 saturated heterocycles. The van der Waals surface area contributed by atoms with Gasteiger partial charge in [0.2, 0.25) is 0 Å². The second-order valence-electron chi connectivity index (χ2n) is 3.45. The second-order valence-corrected chi connectivity index (χ2v) is 5.25. The molecule has 0 aliphatic heterocycles. The molecule has 20 heavy (non-hydrogen) atoms. The molecule has 2 heterocycles. The molecule has 2 aromatic heterocycles. The van der Waals surface area contributed by atoms with Crippen LogP contribution in [0.5, 0.6) is 0 Å². The third kappa shape index (κ3) is 3.46. The SMILES string of the molecule is N#C/C(=C/c1cc(Br)c(Sc2ncccn2)o1)C(N)=O. The molecule has 100 valence electrons. The number of nitriles is 1. The fourth-order valence-corrected chi connectivity index (χ4v) is 2.47. The van der Waals surface area contributed by atoms with Gasteiger partial charge in [-0.25, -0.2) is 9.97 Å². The Bertz CT molecular complexity index is 706. The Morgan fingerprint density at radius 2 is 2.20 bits per heavy atom. The summed E-state index contributed by atoms with van der Waals surface area (Å²) in [6, 6.07) is 5.05. The van der Waals surface area contributed by atoms with Crippen molar-refractivity contribution in [1.82, 2.24) is 9.97 Å². The maximum atomic E-state index is 11.0. The molecular formula is C12H7BrN4O2S. The van der Waals surface area contributed by atoms with E-state index in [4.69, 9.17) is 15.4 Å². The van der Waals surface area contributed by atoms with E-state index in [0.29, 0.717) is 20.5 Å². The van der Waals surface area contributed by atoms with E-state index in [1.165, 1.54) is 17.8 Å².